The molecule has 0 radical (unpaired) electrons. The molecule has 0 unspecified atom stereocenters. The molecular weight excluding hydrogens is 265 g/mol. The van der Waals surface area contributed by atoms with Gasteiger partial charge in [-0.2, -0.15) is 13.2 Å². The van der Waals surface area contributed by atoms with E-state index in [-0.39, 0.29) is 10.7 Å². The van der Waals surface area contributed by atoms with Crippen molar-refractivity contribution >= 4 is 22.9 Å². The minimum atomic E-state index is -4.51. The summed E-state index contributed by atoms with van der Waals surface area (Å²) in [4.78, 5) is 15.4. The fraction of sp³-hybridized carbons (Fsp3) is 0.0909. The standard InChI is InChI=1S/C11H7F3N2OS/c12-11(13,14)7-3-1-2-4-8(7)16-9(17)10-15-5-6-18-10/h1-6H,(H,16,17). The Bertz CT molecular complexity index is 552. The summed E-state index contributed by atoms with van der Waals surface area (Å²) in [6, 6.07) is 4.81. The summed E-state index contributed by atoms with van der Waals surface area (Å²) < 4.78 is 38.0. The summed E-state index contributed by atoms with van der Waals surface area (Å²) in [6.07, 6.45) is -3.10. The molecule has 7 heteroatoms. The van der Waals surface area contributed by atoms with E-state index in [9.17, 15) is 18.0 Å². The molecule has 1 aromatic heterocycles. The number of anilines is 1. The summed E-state index contributed by atoms with van der Waals surface area (Å²) >= 11 is 1.06. The van der Waals surface area contributed by atoms with Gasteiger partial charge in [0, 0.05) is 11.6 Å². The second-order valence-electron chi connectivity index (χ2n) is 3.33. The maximum Gasteiger partial charge on any atom is 0.418 e. The lowest BCUT2D eigenvalue weighted by Crippen LogP contribution is -2.16. The zero-order valence-corrected chi connectivity index (χ0v) is 9.68. The van der Waals surface area contributed by atoms with E-state index in [1.807, 2.05) is 0 Å². The molecule has 1 aromatic carbocycles. The van der Waals surface area contributed by atoms with Gasteiger partial charge in [-0.05, 0) is 12.1 Å². The fourth-order valence-electron chi connectivity index (χ4n) is 1.35. The zero-order chi connectivity index (χ0) is 13.2. The highest BCUT2D eigenvalue weighted by molar-refractivity contribution is 7.11. The van der Waals surface area contributed by atoms with Gasteiger partial charge in [0.2, 0.25) is 0 Å². The lowest BCUT2D eigenvalue weighted by Gasteiger charge is -2.12. The highest BCUT2D eigenvalue weighted by Gasteiger charge is 2.33. The van der Waals surface area contributed by atoms with E-state index in [4.69, 9.17) is 0 Å². The number of nitrogens with one attached hydrogen (secondary N) is 1. The molecule has 0 atom stereocenters. The number of nitrogens with zero attached hydrogens (tertiary/aromatic N) is 1. The van der Waals surface area contributed by atoms with Crippen molar-refractivity contribution in [3.63, 3.8) is 0 Å². The van der Waals surface area contributed by atoms with E-state index in [0.717, 1.165) is 17.4 Å². The summed E-state index contributed by atoms with van der Waals surface area (Å²) in [5, 5.41) is 3.90. The van der Waals surface area contributed by atoms with Crippen molar-refractivity contribution in [2.24, 2.45) is 0 Å². The summed E-state index contributed by atoms with van der Waals surface area (Å²) in [5.74, 6) is -0.651. The van der Waals surface area contributed by atoms with Gasteiger partial charge in [-0.3, -0.25) is 4.79 Å². The summed E-state index contributed by atoms with van der Waals surface area (Å²) in [5.41, 5.74) is -1.15. The van der Waals surface area contributed by atoms with Gasteiger partial charge in [0.05, 0.1) is 11.3 Å². The van der Waals surface area contributed by atoms with Gasteiger partial charge in [0.25, 0.3) is 5.91 Å². The van der Waals surface area contributed by atoms with E-state index < -0.39 is 17.6 Å². The van der Waals surface area contributed by atoms with Gasteiger partial charge in [-0.25, -0.2) is 4.98 Å². The Morgan fingerprint density at radius 2 is 2.00 bits per heavy atom. The predicted octanol–water partition coefficient (Wildman–Crippen LogP) is 3.41. The monoisotopic (exact) mass is 272 g/mol. The van der Waals surface area contributed by atoms with Crippen molar-refractivity contribution in [1.82, 2.24) is 4.98 Å². The highest BCUT2D eigenvalue weighted by atomic mass is 32.1. The lowest BCUT2D eigenvalue weighted by atomic mass is 10.1. The maximum atomic E-state index is 12.7. The molecule has 0 aliphatic rings. The Kier molecular flexibility index (Phi) is 3.33. The van der Waals surface area contributed by atoms with Crippen LogP contribution in [0.3, 0.4) is 0 Å². The van der Waals surface area contributed by atoms with Crippen LogP contribution in [0.25, 0.3) is 0 Å². The van der Waals surface area contributed by atoms with E-state index in [0.29, 0.717) is 0 Å². The van der Waals surface area contributed by atoms with Gasteiger partial charge in [0.1, 0.15) is 0 Å². The zero-order valence-electron chi connectivity index (χ0n) is 8.86. The molecule has 0 saturated heterocycles. The van der Waals surface area contributed by atoms with Crippen LogP contribution >= 0.6 is 11.3 Å². The highest BCUT2D eigenvalue weighted by Crippen LogP contribution is 2.34. The molecule has 0 bridgehead atoms. The minimum absolute atomic E-state index is 0.118. The lowest BCUT2D eigenvalue weighted by molar-refractivity contribution is -0.136. The number of rotatable bonds is 2. The van der Waals surface area contributed by atoms with Gasteiger partial charge < -0.3 is 5.32 Å². The fourth-order valence-corrected chi connectivity index (χ4v) is 1.88. The van der Waals surface area contributed by atoms with Crippen LogP contribution in [0.1, 0.15) is 15.4 Å². The Morgan fingerprint density at radius 1 is 1.28 bits per heavy atom. The Labute approximate surface area is 104 Å². The first-order chi connectivity index (χ1) is 8.48. The molecule has 0 saturated carbocycles. The number of para-hydroxylation sites is 1. The Balaban J connectivity index is 2.27. The number of halogens is 3. The van der Waals surface area contributed by atoms with E-state index in [2.05, 4.69) is 10.3 Å². The van der Waals surface area contributed by atoms with E-state index >= 15 is 0 Å². The van der Waals surface area contributed by atoms with Crippen LogP contribution in [0.2, 0.25) is 0 Å². The van der Waals surface area contributed by atoms with Gasteiger partial charge in [0.15, 0.2) is 5.01 Å². The molecule has 2 aromatic rings. The normalized spacial score (nSPS) is 11.3. The van der Waals surface area contributed by atoms with Crippen molar-refractivity contribution < 1.29 is 18.0 Å². The molecular formula is C11H7F3N2OS. The number of hydrogen-bond acceptors (Lipinski definition) is 3. The second kappa shape index (κ2) is 4.77. The van der Waals surface area contributed by atoms with Crippen LogP contribution in [-0.2, 0) is 6.18 Å². The van der Waals surface area contributed by atoms with Crippen LogP contribution in [-0.4, -0.2) is 10.9 Å². The van der Waals surface area contributed by atoms with E-state index in [1.54, 1.807) is 5.38 Å². The molecule has 3 nitrogen and oxygen atoms in total. The first kappa shape index (κ1) is 12.6. The first-order valence-corrected chi connectivity index (χ1v) is 5.73. The SMILES string of the molecule is O=C(Nc1ccccc1C(F)(F)F)c1nccs1. The number of alkyl halides is 3. The third kappa shape index (κ3) is 2.67. The molecule has 1 heterocycles. The molecule has 0 aliphatic carbocycles. The third-order valence-electron chi connectivity index (χ3n) is 2.11. The molecule has 0 spiro atoms. The third-order valence-corrected chi connectivity index (χ3v) is 2.88. The van der Waals surface area contributed by atoms with Crippen molar-refractivity contribution in [3.05, 3.63) is 46.4 Å². The van der Waals surface area contributed by atoms with Crippen LogP contribution in [0.4, 0.5) is 18.9 Å². The molecule has 1 amide bonds. The first-order valence-electron chi connectivity index (χ1n) is 4.85. The van der Waals surface area contributed by atoms with Crippen molar-refractivity contribution in [1.29, 1.82) is 0 Å². The largest absolute Gasteiger partial charge is 0.418 e. The Hall–Kier alpha value is -1.89. The number of hydrogen-bond donors (Lipinski definition) is 1. The van der Waals surface area contributed by atoms with Gasteiger partial charge >= 0.3 is 6.18 Å². The van der Waals surface area contributed by atoms with Gasteiger partial charge in [-0.15, -0.1) is 11.3 Å². The van der Waals surface area contributed by atoms with E-state index in [1.165, 1.54) is 24.4 Å². The van der Waals surface area contributed by atoms with Crippen LogP contribution in [0.5, 0.6) is 0 Å². The maximum absolute atomic E-state index is 12.7. The second-order valence-corrected chi connectivity index (χ2v) is 4.23. The molecule has 1 N–H and O–H groups in total. The van der Waals surface area contributed by atoms with Crippen molar-refractivity contribution in [3.8, 4) is 0 Å². The molecule has 18 heavy (non-hydrogen) atoms. The van der Waals surface area contributed by atoms with Crippen molar-refractivity contribution in [2.75, 3.05) is 5.32 Å². The number of benzene rings is 1. The van der Waals surface area contributed by atoms with Crippen LogP contribution in [0, 0.1) is 0 Å². The number of aromatic nitrogens is 1. The number of amides is 1. The number of carbonyl (C=O) groups is 1. The Morgan fingerprint density at radius 3 is 2.61 bits per heavy atom. The smallest absolute Gasteiger partial charge is 0.319 e. The average Bonchev–Trinajstić information content (AvgIpc) is 2.81. The van der Waals surface area contributed by atoms with Crippen LogP contribution in [0.15, 0.2) is 35.8 Å². The molecule has 2 rings (SSSR count). The summed E-state index contributed by atoms with van der Waals surface area (Å²) in [6.45, 7) is 0. The molecule has 0 fully saturated rings. The van der Waals surface area contributed by atoms with Gasteiger partial charge in [-0.1, -0.05) is 12.1 Å². The molecule has 94 valence electrons. The number of thiazole rings is 1. The average molecular weight is 272 g/mol. The number of carbonyl (C=O) groups excluding carboxylic acids is 1. The predicted molar refractivity (Wildman–Crippen MR) is 61.5 cm³/mol. The molecule has 0 aliphatic heterocycles. The minimum Gasteiger partial charge on any atom is -0.319 e. The van der Waals surface area contributed by atoms with Crippen LogP contribution < -0.4 is 5.32 Å². The summed E-state index contributed by atoms with van der Waals surface area (Å²) in [7, 11) is 0. The quantitative estimate of drug-likeness (QED) is 0.910. The van der Waals surface area contributed by atoms with Crippen molar-refractivity contribution in [2.45, 2.75) is 6.18 Å². The topological polar surface area (TPSA) is 42.0 Å².